The van der Waals surface area contributed by atoms with E-state index >= 15 is 0 Å². The van der Waals surface area contributed by atoms with E-state index in [0.717, 1.165) is 18.5 Å². The molecule has 1 heterocycles. The molecule has 25 heavy (non-hydrogen) atoms. The second-order valence-corrected chi connectivity index (χ2v) is 6.02. The number of benzene rings is 1. The number of rotatable bonds is 6. The summed E-state index contributed by atoms with van der Waals surface area (Å²) in [5.41, 5.74) is 7.49. The van der Waals surface area contributed by atoms with E-state index in [-0.39, 0.29) is 11.6 Å². The lowest BCUT2D eigenvalue weighted by molar-refractivity contribution is -0.114. The Morgan fingerprint density at radius 2 is 1.92 bits per heavy atom. The number of carbonyl (C=O) groups is 2. The van der Waals surface area contributed by atoms with E-state index in [1.54, 1.807) is 18.2 Å². The molecule has 0 unspecified atom stereocenters. The average molecular weight is 340 g/mol. The maximum atomic E-state index is 11.5. The molecule has 0 radical (unpaired) electrons. The highest BCUT2D eigenvalue weighted by Crippen LogP contribution is 2.27. The van der Waals surface area contributed by atoms with Crippen molar-refractivity contribution in [3.8, 4) is 0 Å². The van der Waals surface area contributed by atoms with Gasteiger partial charge in [-0.2, -0.15) is 0 Å². The van der Waals surface area contributed by atoms with Gasteiger partial charge in [-0.05, 0) is 37.5 Å². The largest absolute Gasteiger partial charge is 0.380 e. The molecule has 2 aromatic rings. The van der Waals surface area contributed by atoms with Crippen LogP contribution in [0.3, 0.4) is 0 Å². The van der Waals surface area contributed by atoms with Crippen LogP contribution in [0.4, 0.5) is 22.9 Å². The molecule has 1 aromatic carbocycles. The van der Waals surface area contributed by atoms with Gasteiger partial charge in [0.05, 0.1) is 5.69 Å². The van der Waals surface area contributed by atoms with E-state index in [2.05, 4.69) is 26.1 Å². The Kier molecular flexibility index (Phi) is 4.78. The van der Waals surface area contributed by atoms with Gasteiger partial charge in [-0.1, -0.05) is 6.07 Å². The topological polar surface area (TPSA) is 122 Å². The van der Waals surface area contributed by atoms with Gasteiger partial charge in [0.25, 0.3) is 5.91 Å². The monoisotopic (exact) mass is 340 g/mol. The highest BCUT2D eigenvalue weighted by molar-refractivity contribution is 5.96. The van der Waals surface area contributed by atoms with Crippen molar-refractivity contribution in [3.63, 3.8) is 0 Å². The Morgan fingerprint density at radius 3 is 2.56 bits per heavy atom. The first-order valence-electron chi connectivity index (χ1n) is 8.10. The first-order chi connectivity index (χ1) is 12.0. The molecule has 1 aromatic heterocycles. The summed E-state index contributed by atoms with van der Waals surface area (Å²) in [4.78, 5) is 22.7. The second kappa shape index (κ2) is 7.16. The molecule has 0 aliphatic heterocycles. The van der Waals surface area contributed by atoms with Crippen molar-refractivity contribution < 1.29 is 9.59 Å². The molecule has 8 nitrogen and oxygen atoms in total. The zero-order valence-corrected chi connectivity index (χ0v) is 13.9. The highest BCUT2D eigenvalue weighted by Gasteiger charge is 2.21. The van der Waals surface area contributed by atoms with Crippen molar-refractivity contribution >= 4 is 34.7 Å². The van der Waals surface area contributed by atoms with E-state index in [1.807, 2.05) is 12.1 Å². The number of primary amides is 1. The molecule has 1 aliphatic rings. The van der Waals surface area contributed by atoms with Crippen LogP contribution in [-0.2, 0) is 4.79 Å². The molecule has 5 N–H and O–H groups in total. The summed E-state index contributed by atoms with van der Waals surface area (Å²) in [6.45, 7) is 1.45. The van der Waals surface area contributed by atoms with Crippen molar-refractivity contribution in [1.29, 1.82) is 0 Å². The van der Waals surface area contributed by atoms with Crippen LogP contribution < -0.4 is 21.7 Å². The molecule has 2 amide bonds. The molecule has 8 heteroatoms. The van der Waals surface area contributed by atoms with Crippen LogP contribution in [0.1, 0.15) is 36.7 Å². The lowest BCUT2D eigenvalue weighted by Gasteiger charge is -2.28. The summed E-state index contributed by atoms with van der Waals surface area (Å²) in [6, 6.07) is 9.28. The van der Waals surface area contributed by atoms with Crippen LogP contribution in [0, 0.1) is 0 Å². The van der Waals surface area contributed by atoms with E-state index < -0.39 is 5.91 Å². The van der Waals surface area contributed by atoms with Gasteiger partial charge < -0.3 is 21.7 Å². The Hall–Kier alpha value is -3.16. The van der Waals surface area contributed by atoms with Crippen molar-refractivity contribution in [2.45, 2.75) is 32.2 Å². The van der Waals surface area contributed by atoms with Gasteiger partial charge >= 0.3 is 0 Å². The Labute approximate surface area is 145 Å². The maximum Gasteiger partial charge on any atom is 0.271 e. The van der Waals surface area contributed by atoms with Gasteiger partial charge in [0.2, 0.25) is 5.91 Å². The minimum absolute atomic E-state index is 0.129. The lowest BCUT2D eigenvalue weighted by Crippen LogP contribution is -2.29. The van der Waals surface area contributed by atoms with Crippen molar-refractivity contribution in [2.24, 2.45) is 5.73 Å². The first-order valence-corrected chi connectivity index (χ1v) is 8.10. The first kappa shape index (κ1) is 16.7. The minimum atomic E-state index is -0.617. The van der Waals surface area contributed by atoms with Crippen LogP contribution in [0.25, 0.3) is 0 Å². The average Bonchev–Trinajstić information content (AvgIpc) is 2.50. The third kappa shape index (κ3) is 4.23. The predicted molar refractivity (Wildman–Crippen MR) is 95.8 cm³/mol. The number of anilines is 4. The number of nitrogens with one attached hydrogen (secondary N) is 3. The molecule has 0 spiro atoms. The number of aromatic nitrogens is 2. The minimum Gasteiger partial charge on any atom is -0.380 e. The number of hydrogen-bond acceptors (Lipinski definition) is 6. The fraction of sp³-hybridized carbons (Fsp3) is 0.294. The standard InChI is InChI=1S/C17H20N6O2/c1-10(24)19-12-6-3-7-13(8-12)21-15-9-14(20-11-4-2-5-11)16(17(18)25)23-22-15/h3,6-9,11H,2,4-5H2,1H3,(H2,18,25)(H,19,24)(H2,20,21,22). The van der Waals surface area contributed by atoms with Crippen molar-refractivity contribution in [2.75, 3.05) is 16.0 Å². The fourth-order valence-electron chi connectivity index (χ4n) is 2.54. The van der Waals surface area contributed by atoms with Crippen molar-refractivity contribution in [1.82, 2.24) is 10.2 Å². The summed E-state index contributed by atoms with van der Waals surface area (Å²) in [5.74, 6) is -0.282. The van der Waals surface area contributed by atoms with Gasteiger partial charge in [0.15, 0.2) is 11.5 Å². The highest BCUT2D eigenvalue weighted by atomic mass is 16.1. The number of nitrogens with zero attached hydrogens (tertiary/aromatic N) is 2. The SMILES string of the molecule is CC(=O)Nc1cccc(Nc2cc(NC3CCC3)c(C(N)=O)nn2)c1. The molecule has 1 aliphatic carbocycles. The lowest BCUT2D eigenvalue weighted by atomic mass is 9.93. The Morgan fingerprint density at radius 1 is 1.16 bits per heavy atom. The summed E-state index contributed by atoms with van der Waals surface area (Å²) < 4.78 is 0. The summed E-state index contributed by atoms with van der Waals surface area (Å²) >= 11 is 0. The van der Waals surface area contributed by atoms with Gasteiger partial charge in [0.1, 0.15) is 0 Å². The van der Waals surface area contributed by atoms with Crippen LogP contribution >= 0.6 is 0 Å². The summed E-state index contributed by atoms with van der Waals surface area (Å²) in [5, 5.41) is 17.1. The van der Waals surface area contributed by atoms with Crippen LogP contribution in [0.5, 0.6) is 0 Å². The molecule has 1 fully saturated rings. The van der Waals surface area contributed by atoms with Crippen LogP contribution in [0.2, 0.25) is 0 Å². The normalized spacial score (nSPS) is 13.6. The van der Waals surface area contributed by atoms with Crippen LogP contribution in [0.15, 0.2) is 30.3 Å². The Balaban J connectivity index is 1.81. The molecule has 0 bridgehead atoms. The smallest absolute Gasteiger partial charge is 0.271 e. The number of hydrogen-bond donors (Lipinski definition) is 4. The third-order valence-corrected chi connectivity index (χ3v) is 3.95. The quantitative estimate of drug-likeness (QED) is 0.640. The number of nitrogens with two attached hydrogens (primary N) is 1. The van der Waals surface area contributed by atoms with Crippen molar-refractivity contribution in [3.05, 3.63) is 36.0 Å². The Bertz CT molecular complexity index is 803. The molecular weight excluding hydrogens is 320 g/mol. The predicted octanol–water partition coefficient (Wildman–Crippen LogP) is 2.24. The van der Waals surface area contributed by atoms with E-state index in [1.165, 1.54) is 13.3 Å². The van der Waals surface area contributed by atoms with Crippen LogP contribution in [-0.4, -0.2) is 28.1 Å². The second-order valence-electron chi connectivity index (χ2n) is 6.02. The molecule has 3 rings (SSSR count). The molecule has 130 valence electrons. The van der Waals surface area contributed by atoms with Gasteiger partial charge in [-0.25, -0.2) is 0 Å². The number of carbonyl (C=O) groups excluding carboxylic acids is 2. The maximum absolute atomic E-state index is 11.5. The fourth-order valence-corrected chi connectivity index (χ4v) is 2.54. The van der Waals surface area contributed by atoms with E-state index in [4.69, 9.17) is 5.73 Å². The third-order valence-electron chi connectivity index (χ3n) is 3.95. The van der Waals surface area contributed by atoms with Gasteiger partial charge in [-0.3, -0.25) is 9.59 Å². The zero-order valence-electron chi connectivity index (χ0n) is 13.9. The molecule has 0 atom stereocenters. The van der Waals surface area contributed by atoms with E-state index in [9.17, 15) is 9.59 Å². The van der Waals surface area contributed by atoms with Gasteiger partial charge in [0, 0.05) is 30.4 Å². The molecule has 0 saturated heterocycles. The summed E-state index contributed by atoms with van der Waals surface area (Å²) in [7, 11) is 0. The molecule has 1 saturated carbocycles. The molecular formula is C17H20N6O2. The summed E-state index contributed by atoms with van der Waals surface area (Å²) in [6.07, 6.45) is 3.28. The van der Waals surface area contributed by atoms with E-state index in [0.29, 0.717) is 23.2 Å². The van der Waals surface area contributed by atoms with Gasteiger partial charge in [-0.15, -0.1) is 10.2 Å². The zero-order chi connectivity index (χ0) is 17.8. The number of amides is 2.